The molecular weight excluding hydrogens is 294 g/mol. The fraction of sp³-hybridized carbons (Fsp3) is 0.353. The molecule has 0 saturated carbocycles. The molecule has 0 unspecified atom stereocenters. The van der Waals surface area contributed by atoms with E-state index in [2.05, 4.69) is 15.3 Å². The Bertz CT molecular complexity index is 768. The zero-order valence-corrected chi connectivity index (χ0v) is 13.8. The minimum Gasteiger partial charge on any atom is -0.496 e. The molecule has 2 aromatic rings. The molecule has 1 atom stereocenters. The predicted octanol–water partition coefficient (Wildman–Crippen LogP) is 1.82. The molecule has 6 nitrogen and oxygen atoms in total. The highest BCUT2D eigenvalue weighted by atomic mass is 16.5. The molecule has 0 bridgehead atoms. The zero-order chi connectivity index (χ0) is 17.0. The van der Waals surface area contributed by atoms with Crippen LogP contribution in [-0.4, -0.2) is 23.0 Å². The Balaban J connectivity index is 2.12. The third kappa shape index (κ3) is 3.97. The van der Waals surface area contributed by atoms with Crippen molar-refractivity contribution in [2.24, 2.45) is 0 Å². The molecule has 0 fully saturated rings. The predicted molar refractivity (Wildman–Crippen MR) is 87.6 cm³/mol. The summed E-state index contributed by atoms with van der Waals surface area (Å²) in [7, 11) is 1.59. The summed E-state index contributed by atoms with van der Waals surface area (Å²) in [5.41, 5.74) is 1.58. The number of H-pyrrole nitrogens is 1. The molecule has 0 aliphatic heterocycles. The van der Waals surface area contributed by atoms with Crippen LogP contribution in [0.2, 0.25) is 0 Å². The van der Waals surface area contributed by atoms with Crippen LogP contribution >= 0.6 is 0 Å². The van der Waals surface area contributed by atoms with Crippen LogP contribution in [0.5, 0.6) is 5.75 Å². The van der Waals surface area contributed by atoms with E-state index in [9.17, 15) is 9.59 Å². The number of para-hydroxylation sites is 1. The number of aryl methyl sites for hydroxylation is 2. The van der Waals surface area contributed by atoms with E-state index >= 15 is 0 Å². The molecule has 0 aliphatic carbocycles. The minimum absolute atomic E-state index is 0.00602. The first-order valence-corrected chi connectivity index (χ1v) is 7.41. The summed E-state index contributed by atoms with van der Waals surface area (Å²) in [6.45, 7) is 5.32. The zero-order valence-electron chi connectivity index (χ0n) is 13.8. The van der Waals surface area contributed by atoms with Gasteiger partial charge in [0.25, 0.3) is 5.56 Å². The number of nitrogens with zero attached hydrogens (tertiary/aromatic N) is 1. The van der Waals surface area contributed by atoms with E-state index in [1.165, 1.54) is 0 Å². The van der Waals surface area contributed by atoms with Crippen LogP contribution in [0, 0.1) is 13.8 Å². The van der Waals surface area contributed by atoms with Gasteiger partial charge in [0, 0.05) is 16.8 Å². The average Bonchev–Trinajstić information content (AvgIpc) is 2.50. The lowest BCUT2D eigenvalue weighted by atomic mass is 10.1. The molecule has 23 heavy (non-hydrogen) atoms. The highest BCUT2D eigenvalue weighted by Gasteiger charge is 2.16. The summed E-state index contributed by atoms with van der Waals surface area (Å²) < 4.78 is 5.30. The van der Waals surface area contributed by atoms with Gasteiger partial charge in [0.15, 0.2) is 0 Å². The number of carbonyl (C=O) groups excluding carboxylic acids is 1. The number of ether oxygens (including phenoxy) is 1. The van der Waals surface area contributed by atoms with Crippen molar-refractivity contribution in [3.8, 4) is 5.75 Å². The quantitative estimate of drug-likeness (QED) is 0.881. The minimum atomic E-state index is -0.268. The number of nitrogens with one attached hydrogen (secondary N) is 2. The first-order chi connectivity index (χ1) is 10.9. The Morgan fingerprint density at radius 2 is 2.04 bits per heavy atom. The molecule has 0 radical (unpaired) electrons. The number of aromatic amines is 1. The standard InChI is InChI=1S/C17H21N3O3/c1-10(13-7-5-6-8-15(13)23-4)19-16(21)9-14-11(2)18-12(3)20-17(14)22/h5-8,10H,9H2,1-4H3,(H,19,21)(H,18,20,22)/t10-/m1/s1. The van der Waals surface area contributed by atoms with Crippen molar-refractivity contribution in [1.82, 2.24) is 15.3 Å². The van der Waals surface area contributed by atoms with Crippen LogP contribution in [0.4, 0.5) is 0 Å². The lowest BCUT2D eigenvalue weighted by molar-refractivity contribution is -0.121. The van der Waals surface area contributed by atoms with Gasteiger partial charge in [-0.05, 0) is 26.8 Å². The molecule has 2 rings (SSSR count). The van der Waals surface area contributed by atoms with Crippen molar-refractivity contribution in [1.29, 1.82) is 0 Å². The second-order valence-electron chi connectivity index (χ2n) is 5.42. The lowest BCUT2D eigenvalue weighted by Crippen LogP contribution is -2.31. The van der Waals surface area contributed by atoms with E-state index < -0.39 is 0 Å². The number of hydrogen-bond donors (Lipinski definition) is 2. The summed E-state index contributed by atoms with van der Waals surface area (Å²) in [4.78, 5) is 31.0. The van der Waals surface area contributed by atoms with Crippen molar-refractivity contribution in [2.75, 3.05) is 7.11 Å². The molecule has 0 spiro atoms. The van der Waals surface area contributed by atoms with Crippen molar-refractivity contribution >= 4 is 5.91 Å². The van der Waals surface area contributed by atoms with Crippen molar-refractivity contribution in [3.05, 3.63) is 57.3 Å². The Morgan fingerprint density at radius 3 is 2.70 bits per heavy atom. The Morgan fingerprint density at radius 1 is 1.35 bits per heavy atom. The van der Waals surface area contributed by atoms with Crippen LogP contribution in [0.1, 0.15) is 35.6 Å². The average molecular weight is 315 g/mol. The van der Waals surface area contributed by atoms with Gasteiger partial charge < -0.3 is 15.0 Å². The molecule has 6 heteroatoms. The molecule has 1 aromatic carbocycles. The molecule has 2 N–H and O–H groups in total. The van der Waals surface area contributed by atoms with Crippen LogP contribution in [-0.2, 0) is 11.2 Å². The van der Waals surface area contributed by atoms with Gasteiger partial charge in [-0.15, -0.1) is 0 Å². The molecule has 1 heterocycles. The Kier molecular flexibility index (Phi) is 5.16. The maximum absolute atomic E-state index is 12.3. The normalized spacial score (nSPS) is 11.8. The Labute approximate surface area is 134 Å². The van der Waals surface area contributed by atoms with Crippen LogP contribution in [0.15, 0.2) is 29.1 Å². The van der Waals surface area contributed by atoms with Crippen LogP contribution < -0.4 is 15.6 Å². The third-order valence-corrected chi connectivity index (χ3v) is 3.66. The maximum atomic E-state index is 12.3. The largest absolute Gasteiger partial charge is 0.496 e. The maximum Gasteiger partial charge on any atom is 0.254 e. The van der Waals surface area contributed by atoms with Gasteiger partial charge in [-0.2, -0.15) is 0 Å². The van der Waals surface area contributed by atoms with Gasteiger partial charge in [0.05, 0.1) is 19.6 Å². The van der Waals surface area contributed by atoms with Gasteiger partial charge in [-0.3, -0.25) is 9.59 Å². The fourth-order valence-corrected chi connectivity index (χ4v) is 2.51. The lowest BCUT2D eigenvalue weighted by Gasteiger charge is -2.17. The summed E-state index contributed by atoms with van der Waals surface area (Å²) in [5.74, 6) is 1.02. The monoisotopic (exact) mass is 315 g/mol. The van der Waals surface area contributed by atoms with E-state index in [1.807, 2.05) is 31.2 Å². The van der Waals surface area contributed by atoms with E-state index in [1.54, 1.807) is 21.0 Å². The van der Waals surface area contributed by atoms with Gasteiger partial charge in [0.2, 0.25) is 5.91 Å². The first kappa shape index (κ1) is 16.7. The summed E-state index contributed by atoms with van der Waals surface area (Å²) >= 11 is 0. The number of carbonyl (C=O) groups is 1. The number of methoxy groups -OCH3 is 1. The number of benzene rings is 1. The summed E-state index contributed by atoms with van der Waals surface area (Å²) in [6.07, 6.45) is -0.00602. The number of hydrogen-bond acceptors (Lipinski definition) is 4. The van der Waals surface area contributed by atoms with E-state index in [4.69, 9.17) is 4.74 Å². The summed E-state index contributed by atoms with van der Waals surface area (Å²) in [6, 6.07) is 7.28. The van der Waals surface area contributed by atoms with Crippen molar-refractivity contribution in [2.45, 2.75) is 33.2 Å². The molecule has 122 valence electrons. The fourth-order valence-electron chi connectivity index (χ4n) is 2.51. The van der Waals surface area contributed by atoms with Crippen LogP contribution in [0.25, 0.3) is 0 Å². The highest BCUT2D eigenvalue weighted by Crippen LogP contribution is 2.24. The first-order valence-electron chi connectivity index (χ1n) is 7.41. The topological polar surface area (TPSA) is 84.1 Å². The number of amides is 1. The molecular formula is C17H21N3O3. The van der Waals surface area contributed by atoms with Gasteiger partial charge >= 0.3 is 0 Å². The van der Waals surface area contributed by atoms with Gasteiger partial charge in [-0.1, -0.05) is 18.2 Å². The van der Waals surface area contributed by atoms with E-state index in [-0.39, 0.29) is 23.9 Å². The smallest absolute Gasteiger partial charge is 0.254 e. The number of rotatable bonds is 5. The van der Waals surface area contributed by atoms with Crippen LogP contribution in [0.3, 0.4) is 0 Å². The molecule has 0 aliphatic rings. The van der Waals surface area contributed by atoms with E-state index in [0.717, 1.165) is 5.56 Å². The number of aromatic nitrogens is 2. The second kappa shape index (κ2) is 7.09. The van der Waals surface area contributed by atoms with Gasteiger partial charge in [-0.25, -0.2) is 4.98 Å². The second-order valence-corrected chi connectivity index (χ2v) is 5.42. The summed E-state index contributed by atoms with van der Waals surface area (Å²) in [5, 5.41) is 2.89. The molecule has 0 saturated heterocycles. The highest BCUT2D eigenvalue weighted by molar-refractivity contribution is 5.79. The molecule has 1 amide bonds. The van der Waals surface area contributed by atoms with Crippen molar-refractivity contribution in [3.63, 3.8) is 0 Å². The third-order valence-electron chi connectivity index (χ3n) is 3.66. The Hall–Kier alpha value is -2.63. The van der Waals surface area contributed by atoms with E-state index in [0.29, 0.717) is 22.8 Å². The SMILES string of the molecule is COc1ccccc1[C@@H](C)NC(=O)Cc1c(C)nc(C)[nH]c1=O. The van der Waals surface area contributed by atoms with Gasteiger partial charge in [0.1, 0.15) is 11.6 Å². The molecule has 1 aromatic heterocycles. The van der Waals surface area contributed by atoms with Crippen molar-refractivity contribution < 1.29 is 9.53 Å².